The largest absolute Gasteiger partial charge is 0.481 e. The van der Waals surface area contributed by atoms with Crippen LogP contribution in [0.1, 0.15) is 144 Å². The fraction of sp³-hybridized carbons (Fsp3) is 0.759. The number of alkyl halides is 2. The van der Waals surface area contributed by atoms with Crippen molar-refractivity contribution in [2.45, 2.75) is 191 Å². The summed E-state index contributed by atoms with van der Waals surface area (Å²) in [6.07, 6.45) is 15.2. The van der Waals surface area contributed by atoms with Crippen LogP contribution >= 0.6 is 0 Å². The van der Waals surface area contributed by atoms with Crippen molar-refractivity contribution in [2.24, 2.45) is 57.2 Å². The average Bonchev–Trinajstić information content (AvgIpc) is 4.33. The van der Waals surface area contributed by atoms with E-state index in [1.165, 1.54) is 24.3 Å². The number of aliphatic hydroxyl groups is 5. The summed E-state index contributed by atoms with van der Waals surface area (Å²) in [7, 11) is 0. The van der Waals surface area contributed by atoms with Gasteiger partial charge in [-0.1, -0.05) is 63.8 Å². The van der Waals surface area contributed by atoms with Crippen molar-refractivity contribution < 1.29 is 82.4 Å². The number of ketones is 4. The maximum absolute atomic E-state index is 17.2. The number of halogens is 2. The number of rotatable bonds is 15. The molecule has 2 saturated heterocycles. The number of epoxide rings is 2. The van der Waals surface area contributed by atoms with Crippen LogP contribution < -0.4 is 0 Å². The molecule has 0 aromatic carbocycles. The Morgan fingerprint density at radius 3 is 1.48 bits per heavy atom. The SMILES string of the molecule is C[C@@H]1C[C@H]2[C@@H]3CCC4=CC(=O)C=C[C@]4(C)[C@@]3(F)[C@@H](O)C[C@]2(C)[C@@]1(O)C(=O)CO.C[C@@H]1C[C@H]2[C@@H]3CCC4=CC(=O)C=C[C@]4(C)[C@@]3(F)[C@@H](O)C[C@]2(C)[C@@]1(O)C(=O)COC(=O)CCCCC1CO1.O=C(O)CCCCC1CO1. The summed E-state index contributed by atoms with van der Waals surface area (Å²) >= 11 is 0. The standard InChI is InChI=1S/C29H39FO7.C22H29FO5.C7H12O3/c1-17-12-22-21-9-8-18-13-19(31)10-11-26(18,2)28(21,30)23(32)14-27(22,3)29(17,35)24(33)16-37-25(34)7-5-4-6-20-15-36-20;1-12-8-16-15-5-4-13-9-14(25)6-7-19(13,2)21(15,23)17(26)10-20(16,3)22(12,28)18(27)11-24;8-7(9)4-2-1-3-6-5-10-6/h10-11,13,17,20-23,32,35H,4-9,12,14-16H2,1-3H3;6-7,9,12,15-17,24,26,28H,4-5,8,10-11H2,1-3H3;6H,1-5H2,(H,8,9)/t17-,20?,21+,22+,23+,26+,27+,28+,29+;12-,15+,16+,17+,19+,20+,21+,22+;/m11./s1. The van der Waals surface area contributed by atoms with Crippen molar-refractivity contribution >= 4 is 35.1 Å². The van der Waals surface area contributed by atoms with Gasteiger partial charge in [0.05, 0.1) is 37.6 Å². The third-order valence-corrected chi connectivity index (χ3v) is 20.9. The molecule has 6 N–H and O–H groups in total. The lowest BCUT2D eigenvalue weighted by Gasteiger charge is -2.62. The van der Waals surface area contributed by atoms with Crippen molar-refractivity contribution in [1.29, 1.82) is 0 Å². The number of ether oxygens (including phenoxy) is 3. The zero-order valence-electron chi connectivity index (χ0n) is 44.5. The molecule has 0 amide bonds. The first-order chi connectivity index (χ1) is 35.1. The highest BCUT2D eigenvalue weighted by Crippen LogP contribution is 2.72. The first-order valence-corrected chi connectivity index (χ1v) is 27.5. The van der Waals surface area contributed by atoms with Crippen LogP contribution in [0.5, 0.6) is 0 Å². The Morgan fingerprint density at radius 2 is 1.08 bits per heavy atom. The molecular weight excluding hydrogens is 975 g/mol. The van der Waals surface area contributed by atoms with Gasteiger partial charge >= 0.3 is 11.9 Å². The van der Waals surface area contributed by atoms with Gasteiger partial charge in [-0.2, -0.15) is 0 Å². The highest BCUT2D eigenvalue weighted by molar-refractivity contribution is 6.02. The average molecular weight is 1060 g/mol. The van der Waals surface area contributed by atoms with Gasteiger partial charge in [0.25, 0.3) is 0 Å². The molecule has 15 nitrogen and oxygen atoms in total. The molecule has 0 spiro atoms. The zero-order chi connectivity index (χ0) is 54.9. The van der Waals surface area contributed by atoms with E-state index in [1.54, 1.807) is 53.7 Å². The molecule has 2 unspecified atom stereocenters. The first kappa shape index (κ1) is 57.3. The van der Waals surface area contributed by atoms with E-state index in [4.69, 9.17) is 19.3 Å². The summed E-state index contributed by atoms with van der Waals surface area (Å²) in [6.45, 7) is 10.9. The number of aliphatic carboxylic acids is 1. The molecule has 0 bridgehead atoms. The van der Waals surface area contributed by atoms with Crippen LogP contribution in [0.3, 0.4) is 0 Å². The lowest BCUT2D eigenvalue weighted by molar-refractivity contribution is -0.220. The van der Waals surface area contributed by atoms with E-state index >= 15 is 8.78 Å². The first-order valence-electron chi connectivity index (χ1n) is 27.5. The molecule has 10 rings (SSSR count). The number of allylic oxidation sites excluding steroid dienone is 8. The van der Waals surface area contributed by atoms with Gasteiger partial charge in [0.15, 0.2) is 35.3 Å². The number of fused-ring (bicyclic) bond motifs is 10. The van der Waals surface area contributed by atoms with E-state index in [9.17, 15) is 54.3 Å². The molecule has 18 atom stereocenters. The predicted molar refractivity (Wildman–Crippen MR) is 268 cm³/mol. The second kappa shape index (κ2) is 20.8. The Bertz CT molecular complexity index is 2410. The Morgan fingerprint density at radius 1 is 0.667 bits per heavy atom. The van der Waals surface area contributed by atoms with Crippen LogP contribution in [0.25, 0.3) is 0 Å². The minimum atomic E-state index is -2.02. The molecule has 416 valence electrons. The quantitative estimate of drug-likeness (QED) is 0.0595. The van der Waals surface area contributed by atoms with Crippen molar-refractivity contribution in [3.63, 3.8) is 0 Å². The number of hydrogen-bond acceptors (Lipinski definition) is 14. The number of hydrogen-bond donors (Lipinski definition) is 6. The number of carbonyl (C=O) groups is 6. The van der Waals surface area contributed by atoms with Crippen molar-refractivity contribution in [3.8, 4) is 0 Å². The van der Waals surface area contributed by atoms with E-state index in [-0.39, 0.29) is 42.7 Å². The van der Waals surface area contributed by atoms with Crippen molar-refractivity contribution in [1.82, 2.24) is 0 Å². The third-order valence-electron chi connectivity index (χ3n) is 20.9. The monoisotopic (exact) mass is 1050 g/mol. The second-order valence-corrected chi connectivity index (χ2v) is 24.8. The van der Waals surface area contributed by atoms with Gasteiger partial charge in [-0.25, -0.2) is 8.78 Å². The molecule has 8 aliphatic carbocycles. The smallest absolute Gasteiger partial charge is 0.306 e. The summed E-state index contributed by atoms with van der Waals surface area (Å²) in [5.74, 6) is -5.50. The minimum absolute atomic E-state index is 0.0676. The van der Waals surface area contributed by atoms with Crippen LogP contribution in [0.2, 0.25) is 0 Å². The fourth-order valence-electron chi connectivity index (χ4n) is 16.5. The van der Waals surface area contributed by atoms with E-state index < -0.39 is 117 Å². The maximum atomic E-state index is 17.2. The van der Waals surface area contributed by atoms with Gasteiger partial charge in [0.1, 0.15) is 17.8 Å². The molecule has 17 heteroatoms. The molecule has 10 aliphatic rings. The molecule has 0 aromatic rings. The molecule has 8 fully saturated rings. The highest BCUT2D eigenvalue weighted by Gasteiger charge is 2.77. The number of carbonyl (C=O) groups excluding carboxylic acids is 5. The molecular formula is C58H80F2O15. The predicted octanol–water partition coefficient (Wildman–Crippen LogP) is 6.33. The van der Waals surface area contributed by atoms with Gasteiger partial charge in [-0.05, 0) is 139 Å². The Labute approximate surface area is 438 Å². The molecule has 6 saturated carbocycles. The lowest BCUT2D eigenvalue weighted by Crippen LogP contribution is -2.69. The fourth-order valence-corrected chi connectivity index (χ4v) is 16.5. The molecule has 0 aromatic heterocycles. The number of carboxylic acid groups (broad SMARTS) is 1. The third kappa shape index (κ3) is 9.31. The second-order valence-electron chi connectivity index (χ2n) is 24.8. The van der Waals surface area contributed by atoms with Crippen molar-refractivity contribution in [3.05, 3.63) is 47.6 Å². The number of Topliss-reactive ketones (excluding diaryl/α,β-unsaturated/α-hetero) is 2. The van der Waals surface area contributed by atoms with Crippen LogP contribution in [0, 0.1) is 57.2 Å². The minimum Gasteiger partial charge on any atom is -0.481 e. The number of aliphatic hydroxyl groups excluding tert-OH is 3. The Balaban J connectivity index is 0.000000172. The number of esters is 1. The topological polar surface area (TPSA) is 258 Å². The maximum Gasteiger partial charge on any atom is 0.306 e. The van der Waals surface area contributed by atoms with E-state index in [2.05, 4.69) is 0 Å². The number of carboxylic acids is 1. The molecule has 75 heavy (non-hydrogen) atoms. The lowest BCUT2D eigenvalue weighted by atomic mass is 9.44. The van der Waals surface area contributed by atoms with Gasteiger partial charge < -0.3 is 44.8 Å². The van der Waals surface area contributed by atoms with Crippen LogP contribution in [-0.2, 0) is 43.0 Å². The Hall–Kier alpha value is -3.84. The van der Waals surface area contributed by atoms with Gasteiger partial charge in [-0.15, -0.1) is 0 Å². The molecule has 2 aliphatic heterocycles. The number of unbranched alkanes of at least 4 members (excludes halogenated alkanes) is 2. The van der Waals surface area contributed by atoms with E-state index in [0.29, 0.717) is 74.7 Å². The summed E-state index contributed by atoms with van der Waals surface area (Å²) < 4.78 is 49.5. The molecule has 2 heterocycles. The Kier molecular flexibility index (Phi) is 15.9. The summed E-state index contributed by atoms with van der Waals surface area (Å²) in [6, 6.07) is 0. The van der Waals surface area contributed by atoms with Crippen molar-refractivity contribution in [2.75, 3.05) is 26.4 Å². The van der Waals surface area contributed by atoms with Crippen LogP contribution in [0.15, 0.2) is 47.6 Å². The highest BCUT2D eigenvalue weighted by atomic mass is 19.1. The van der Waals surface area contributed by atoms with Gasteiger partial charge in [-0.3, -0.25) is 28.8 Å². The normalized spacial score (nSPS) is 45.3. The summed E-state index contributed by atoms with van der Waals surface area (Å²) in [5.41, 5.74) is -10.6. The summed E-state index contributed by atoms with van der Waals surface area (Å²) in [4.78, 5) is 72.1. The van der Waals surface area contributed by atoms with Crippen LogP contribution in [0.4, 0.5) is 8.78 Å². The zero-order valence-corrected chi connectivity index (χ0v) is 44.5. The van der Waals surface area contributed by atoms with Crippen LogP contribution in [-0.4, -0.2) is 139 Å². The molecule has 0 radical (unpaired) electrons. The van der Waals surface area contributed by atoms with E-state index in [0.717, 1.165) is 45.3 Å². The summed E-state index contributed by atoms with van der Waals surface area (Å²) in [5, 5.41) is 63.6. The van der Waals surface area contributed by atoms with Gasteiger partial charge in [0, 0.05) is 46.3 Å². The van der Waals surface area contributed by atoms with E-state index in [1.807, 2.05) is 0 Å². The van der Waals surface area contributed by atoms with Gasteiger partial charge in [0.2, 0.25) is 5.78 Å².